The molecule has 3 N–H and O–H groups in total. The molecule has 2 heterocycles. The SMILES string of the molecule is CC(C)COCCOc1nc(NN)nc(N2CCCC2)n1. The van der Waals surface area contributed by atoms with E-state index < -0.39 is 0 Å². The Bertz CT molecular complexity index is 437. The van der Waals surface area contributed by atoms with Crippen molar-refractivity contribution in [1.82, 2.24) is 15.0 Å². The molecule has 118 valence electrons. The van der Waals surface area contributed by atoms with E-state index in [0.29, 0.717) is 31.0 Å². The van der Waals surface area contributed by atoms with Crippen LogP contribution in [0.25, 0.3) is 0 Å². The maximum absolute atomic E-state index is 5.52. The van der Waals surface area contributed by atoms with E-state index in [9.17, 15) is 0 Å². The number of ether oxygens (including phenoxy) is 2. The minimum Gasteiger partial charge on any atom is -0.461 e. The lowest BCUT2D eigenvalue weighted by molar-refractivity contribution is 0.0792. The molecule has 1 aliphatic rings. The number of anilines is 2. The molecule has 0 atom stereocenters. The van der Waals surface area contributed by atoms with Gasteiger partial charge >= 0.3 is 6.01 Å². The fourth-order valence-electron chi connectivity index (χ4n) is 2.04. The molecule has 21 heavy (non-hydrogen) atoms. The Morgan fingerprint density at radius 1 is 1.19 bits per heavy atom. The van der Waals surface area contributed by atoms with Crippen LogP contribution in [0.1, 0.15) is 26.7 Å². The van der Waals surface area contributed by atoms with E-state index in [0.717, 1.165) is 32.5 Å². The Kier molecular flexibility index (Phi) is 5.94. The molecule has 0 aliphatic carbocycles. The summed E-state index contributed by atoms with van der Waals surface area (Å²) in [5, 5.41) is 0. The topological polar surface area (TPSA) is 98.4 Å². The third-order valence-corrected chi connectivity index (χ3v) is 3.03. The molecule has 1 aromatic rings. The Labute approximate surface area is 125 Å². The third-order valence-electron chi connectivity index (χ3n) is 3.03. The lowest BCUT2D eigenvalue weighted by atomic mass is 10.2. The van der Waals surface area contributed by atoms with Gasteiger partial charge in [0.25, 0.3) is 0 Å². The number of nitrogen functional groups attached to an aromatic ring is 1. The molecule has 1 fully saturated rings. The van der Waals surface area contributed by atoms with E-state index >= 15 is 0 Å². The number of aromatic nitrogens is 3. The normalized spacial score (nSPS) is 14.8. The van der Waals surface area contributed by atoms with Crippen LogP contribution in [0, 0.1) is 5.92 Å². The Morgan fingerprint density at radius 2 is 1.95 bits per heavy atom. The molecular formula is C13H24N6O2. The van der Waals surface area contributed by atoms with E-state index in [1.165, 1.54) is 0 Å². The first-order valence-electron chi connectivity index (χ1n) is 7.37. The first kappa shape index (κ1) is 15.7. The summed E-state index contributed by atoms with van der Waals surface area (Å²) in [7, 11) is 0. The minimum absolute atomic E-state index is 0.271. The van der Waals surface area contributed by atoms with Crippen LogP contribution in [0.4, 0.5) is 11.9 Å². The molecule has 0 saturated carbocycles. The second kappa shape index (κ2) is 7.94. The number of nitrogens with one attached hydrogen (secondary N) is 1. The summed E-state index contributed by atoms with van der Waals surface area (Å²) in [6, 6.07) is 0.271. The average molecular weight is 296 g/mol. The van der Waals surface area contributed by atoms with Gasteiger partial charge in [-0.1, -0.05) is 13.8 Å². The number of hydrazine groups is 1. The molecule has 0 bridgehead atoms. The van der Waals surface area contributed by atoms with Gasteiger partial charge in [-0.2, -0.15) is 15.0 Å². The Hall–Kier alpha value is -1.67. The fraction of sp³-hybridized carbons (Fsp3) is 0.769. The molecule has 1 aromatic heterocycles. The van der Waals surface area contributed by atoms with Crippen LogP contribution in [0.3, 0.4) is 0 Å². The second-order valence-electron chi connectivity index (χ2n) is 5.40. The van der Waals surface area contributed by atoms with Crippen LogP contribution < -0.4 is 20.9 Å². The van der Waals surface area contributed by atoms with Crippen LogP contribution in [0.2, 0.25) is 0 Å². The lowest BCUT2D eigenvalue weighted by Crippen LogP contribution is -2.23. The molecule has 0 spiro atoms. The number of hydrogen-bond donors (Lipinski definition) is 2. The maximum atomic E-state index is 5.52. The molecule has 2 rings (SSSR count). The van der Waals surface area contributed by atoms with E-state index in [1.54, 1.807) is 0 Å². The molecular weight excluding hydrogens is 272 g/mol. The zero-order valence-corrected chi connectivity index (χ0v) is 12.7. The van der Waals surface area contributed by atoms with Gasteiger partial charge < -0.3 is 14.4 Å². The van der Waals surface area contributed by atoms with Crippen molar-refractivity contribution in [3.05, 3.63) is 0 Å². The van der Waals surface area contributed by atoms with Crippen molar-refractivity contribution in [2.24, 2.45) is 11.8 Å². The van der Waals surface area contributed by atoms with Crippen LogP contribution in [0.5, 0.6) is 6.01 Å². The van der Waals surface area contributed by atoms with Crippen molar-refractivity contribution in [1.29, 1.82) is 0 Å². The lowest BCUT2D eigenvalue weighted by Gasteiger charge is -2.16. The molecule has 8 heteroatoms. The molecule has 1 aliphatic heterocycles. The van der Waals surface area contributed by atoms with Crippen molar-refractivity contribution in [3.8, 4) is 6.01 Å². The maximum Gasteiger partial charge on any atom is 0.323 e. The Balaban J connectivity index is 1.90. The van der Waals surface area contributed by atoms with E-state index in [-0.39, 0.29) is 6.01 Å². The summed E-state index contributed by atoms with van der Waals surface area (Å²) in [5.41, 5.74) is 2.45. The molecule has 0 unspecified atom stereocenters. The van der Waals surface area contributed by atoms with Crippen LogP contribution >= 0.6 is 0 Å². The van der Waals surface area contributed by atoms with Crippen LogP contribution in [0.15, 0.2) is 0 Å². The molecule has 8 nitrogen and oxygen atoms in total. The van der Waals surface area contributed by atoms with Crippen molar-refractivity contribution >= 4 is 11.9 Å². The minimum atomic E-state index is 0.271. The first-order valence-corrected chi connectivity index (χ1v) is 7.37. The van der Waals surface area contributed by atoms with Crippen molar-refractivity contribution in [2.45, 2.75) is 26.7 Å². The summed E-state index contributed by atoms with van der Waals surface area (Å²) in [6.45, 7) is 7.74. The fourth-order valence-corrected chi connectivity index (χ4v) is 2.04. The van der Waals surface area contributed by atoms with Gasteiger partial charge in [-0.3, -0.25) is 5.43 Å². The third kappa shape index (κ3) is 4.98. The molecule has 0 radical (unpaired) electrons. The van der Waals surface area contributed by atoms with Gasteiger partial charge in [0.2, 0.25) is 11.9 Å². The quantitative estimate of drug-likeness (QED) is 0.413. The van der Waals surface area contributed by atoms with Crippen LogP contribution in [-0.4, -0.2) is 47.9 Å². The average Bonchev–Trinajstić information content (AvgIpc) is 3.00. The van der Waals surface area contributed by atoms with Gasteiger partial charge in [0.1, 0.15) is 6.61 Å². The standard InChI is InChI=1S/C13H24N6O2/c1-10(2)9-20-7-8-21-13-16-11(18-14)15-12(17-13)19-5-3-4-6-19/h10H,3-9,14H2,1-2H3,(H,15,16,17,18). The zero-order chi connectivity index (χ0) is 15.1. The van der Waals surface area contributed by atoms with Gasteiger partial charge in [-0.15, -0.1) is 0 Å². The largest absolute Gasteiger partial charge is 0.461 e. The highest BCUT2D eigenvalue weighted by atomic mass is 16.5. The highest BCUT2D eigenvalue weighted by Crippen LogP contribution is 2.19. The summed E-state index contributed by atoms with van der Waals surface area (Å²) in [6.07, 6.45) is 2.30. The Morgan fingerprint density at radius 3 is 2.62 bits per heavy atom. The van der Waals surface area contributed by atoms with Gasteiger partial charge in [-0.25, -0.2) is 5.84 Å². The second-order valence-corrected chi connectivity index (χ2v) is 5.40. The number of nitrogens with two attached hydrogens (primary N) is 1. The predicted octanol–water partition coefficient (Wildman–Crippen LogP) is 0.809. The van der Waals surface area contributed by atoms with Crippen molar-refractivity contribution in [3.63, 3.8) is 0 Å². The number of rotatable bonds is 8. The van der Waals surface area contributed by atoms with Gasteiger partial charge in [0.05, 0.1) is 6.61 Å². The summed E-state index contributed by atoms with van der Waals surface area (Å²) in [4.78, 5) is 14.8. The molecule has 0 amide bonds. The van der Waals surface area contributed by atoms with Gasteiger partial charge in [0.15, 0.2) is 0 Å². The summed E-state index contributed by atoms with van der Waals surface area (Å²) in [5.74, 6) is 6.82. The van der Waals surface area contributed by atoms with E-state index in [4.69, 9.17) is 15.3 Å². The van der Waals surface area contributed by atoms with Gasteiger partial charge in [-0.05, 0) is 18.8 Å². The van der Waals surface area contributed by atoms with E-state index in [2.05, 4.69) is 39.1 Å². The van der Waals surface area contributed by atoms with Crippen LogP contribution in [-0.2, 0) is 4.74 Å². The summed E-state index contributed by atoms with van der Waals surface area (Å²) < 4.78 is 11.0. The summed E-state index contributed by atoms with van der Waals surface area (Å²) >= 11 is 0. The predicted molar refractivity (Wildman–Crippen MR) is 80.2 cm³/mol. The zero-order valence-electron chi connectivity index (χ0n) is 12.7. The smallest absolute Gasteiger partial charge is 0.323 e. The van der Waals surface area contributed by atoms with Gasteiger partial charge in [0, 0.05) is 19.7 Å². The first-order chi connectivity index (χ1) is 10.2. The number of hydrogen-bond acceptors (Lipinski definition) is 8. The van der Waals surface area contributed by atoms with E-state index in [1.807, 2.05) is 0 Å². The molecule has 0 aromatic carbocycles. The highest BCUT2D eigenvalue weighted by Gasteiger charge is 2.17. The highest BCUT2D eigenvalue weighted by molar-refractivity contribution is 5.38. The molecule has 1 saturated heterocycles. The van der Waals surface area contributed by atoms with Crippen molar-refractivity contribution < 1.29 is 9.47 Å². The monoisotopic (exact) mass is 296 g/mol. The number of nitrogens with zero attached hydrogens (tertiary/aromatic N) is 4. The van der Waals surface area contributed by atoms with Crippen molar-refractivity contribution in [2.75, 3.05) is 43.2 Å².